The molecule has 0 aliphatic rings. The number of nitrogens with one attached hydrogen (secondary N) is 2. The van der Waals surface area contributed by atoms with E-state index in [4.69, 9.17) is 21.7 Å². The van der Waals surface area contributed by atoms with Crippen LogP contribution in [-0.4, -0.2) is 23.1 Å². The molecule has 0 bridgehead atoms. The summed E-state index contributed by atoms with van der Waals surface area (Å²) in [5.74, 6) is -0.164. The van der Waals surface area contributed by atoms with Gasteiger partial charge in [-0.25, -0.2) is 9.47 Å². The fraction of sp³-hybridized carbons (Fsp3) is 0.500. The Morgan fingerprint density at radius 1 is 1.61 bits per heavy atom. The Morgan fingerprint density at radius 3 is 2.72 bits per heavy atom. The number of carbonyl (C=O) groups is 1. The van der Waals surface area contributed by atoms with Gasteiger partial charge in [0.2, 0.25) is 0 Å². The van der Waals surface area contributed by atoms with Crippen LogP contribution in [0.25, 0.3) is 0 Å². The Kier molecular flexibility index (Phi) is 4.78. The summed E-state index contributed by atoms with van der Waals surface area (Å²) in [4.78, 5) is 11.8. The van der Waals surface area contributed by atoms with E-state index in [1.54, 1.807) is 19.9 Å². The number of aryl methyl sites for hydroxylation is 1. The van der Waals surface area contributed by atoms with Crippen LogP contribution in [-0.2, 0) is 4.74 Å². The summed E-state index contributed by atoms with van der Waals surface area (Å²) in [7, 11) is 0. The summed E-state index contributed by atoms with van der Waals surface area (Å²) in [5, 5.41) is 8.13. The SMILES string of the molecule is CCOC(=O)c1c(C)cc(Cl)n1NC(=N)C(C)C. The largest absolute Gasteiger partial charge is 0.461 e. The number of hydrogen-bond acceptors (Lipinski definition) is 3. The maximum atomic E-state index is 11.8. The third-order valence-corrected chi connectivity index (χ3v) is 2.70. The third-order valence-electron chi connectivity index (χ3n) is 2.42. The molecule has 6 heteroatoms. The van der Waals surface area contributed by atoms with Crippen LogP contribution >= 0.6 is 11.6 Å². The lowest BCUT2D eigenvalue weighted by atomic mass is 10.2. The van der Waals surface area contributed by atoms with Crippen molar-refractivity contribution in [3.05, 3.63) is 22.5 Å². The van der Waals surface area contributed by atoms with E-state index in [1.165, 1.54) is 4.68 Å². The van der Waals surface area contributed by atoms with E-state index in [2.05, 4.69) is 5.43 Å². The molecule has 100 valence electrons. The van der Waals surface area contributed by atoms with Gasteiger partial charge < -0.3 is 4.74 Å². The summed E-state index contributed by atoms with van der Waals surface area (Å²) in [5.41, 5.74) is 3.84. The Morgan fingerprint density at radius 2 is 2.22 bits per heavy atom. The number of esters is 1. The van der Waals surface area contributed by atoms with E-state index in [1.807, 2.05) is 13.8 Å². The molecular formula is C12H18ClN3O2. The highest BCUT2D eigenvalue weighted by Crippen LogP contribution is 2.19. The number of amidine groups is 1. The molecule has 0 aliphatic heterocycles. The van der Waals surface area contributed by atoms with Crippen LogP contribution in [0.1, 0.15) is 36.8 Å². The lowest BCUT2D eigenvalue weighted by Crippen LogP contribution is -2.29. The topological polar surface area (TPSA) is 67.1 Å². The van der Waals surface area contributed by atoms with Crippen molar-refractivity contribution in [3.63, 3.8) is 0 Å². The van der Waals surface area contributed by atoms with Crippen LogP contribution in [0.4, 0.5) is 0 Å². The first kappa shape index (κ1) is 14.6. The van der Waals surface area contributed by atoms with Crippen molar-refractivity contribution in [2.75, 3.05) is 12.0 Å². The quantitative estimate of drug-likeness (QED) is 0.503. The number of carbonyl (C=O) groups excluding carboxylic acids is 1. The molecule has 1 aromatic rings. The van der Waals surface area contributed by atoms with Gasteiger partial charge in [0.25, 0.3) is 0 Å². The van der Waals surface area contributed by atoms with Crippen molar-refractivity contribution in [1.82, 2.24) is 4.68 Å². The van der Waals surface area contributed by atoms with Gasteiger partial charge in [0.05, 0.1) is 6.61 Å². The molecule has 18 heavy (non-hydrogen) atoms. The summed E-state index contributed by atoms with van der Waals surface area (Å²) in [6, 6.07) is 1.66. The van der Waals surface area contributed by atoms with Crippen LogP contribution in [0.2, 0.25) is 5.15 Å². The van der Waals surface area contributed by atoms with E-state index < -0.39 is 5.97 Å². The first-order valence-corrected chi connectivity index (χ1v) is 6.16. The van der Waals surface area contributed by atoms with Gasteiger partial charge in [-0.2, -0.15) is 0 Å². The Bertz CT molecular complexity index is 466. The maximum Gasteiger partial charge on any atom is 0.357 e. The number of hydrogen-bond donors (Lipinski definition) is 2. The first-order valence-electron chi connectivity index (χ1n) is 5.78. The average molecular weight is 272 g/mol. The molecule has 0 aromatic carbocycles. The number of ether oxygens (including phenoxy) is 1. The van der Waals surface area contributed by atoms with Crippen molar-refractivity contribution in [3.8, 4) is 0 Å². The Hall–Kier alpha value is -1.49. The molecule has 0 fully saturated rings. The smallest absolute Gasteiger partial charge is 0.357 e. The zero-order valence-corrected chi connectivity index (χ0v) is 11.8. The lowest BCUT2D eigenvalue weighted by Gasteiger charge is -2.15. The highest BCUT2D eigenvalue weighted by Gasteiger charge is 2.20. The van der Waals surface area contributed by atoms with E-state index in [9.17, 15) is 4.79 Å². The molecule has 0 amide bonds. The number of rotatable bonds is 4. The molecule has 0 radical (unpaired) electrons. The molecule has 0 saturated carbocycles. The minimum atomic E-state index is -0.453. The standard InChI is InChI=1S/C12H18ClN3O2/c1-5-18-12(17)10-8(4)6-9(13)16(10)15-11(14)7(2)3/h6-7H,5H2,1-4H3,(H2,14,15). The molecular weight excluding hydrogens is 254 g/mol. The highest BCUT2D eigenvalue weighted by atomic mass is 35.5. The summed E-state index contributed by atoms with van der Waals surface area (Å²) >= 11 is 6.04. The van der Waals surface area contributed by atoms with Gasteiger partial charge in [-0.15, -0.1) is 0 Å². The Labute approximate surface area is 112 Å². The van der Waals surface area contributed by atoms with Crippen LogP contribution < -0.4 is 5.43 Å². The monoisotopic (exact) mass is 271 g/mol. The molecule has 0 saturated heterocycles. The van der Waals surface area contributed by atoms with Gasteiger partial charge >= 0.3 is 5.97 Å². The minimum absolute atomic E-state index is 0.0128. The van der Waals surface area contributed by atoms with E-state index in [0.717, 1.165) is 0 Å². The normalized spacial score (nSPS) is 10.6. The summed E-state index contributed by atoms with van der Waals surface area (Å²) in [6.45, 7) is 7.57. The van der Waals surface area contributed by atoms with Crippen molar-refractivity contribution < 1.29 is 9.53 Å². The lowest BCUT2D eigenvalue weighted by molar-refractivity contribution is 0.0515. The molecule has 1 rings (SSSR count). The van der Waals surface area contributed by atoms with Crippen molar-refractivity contribution >= 4 is 23.4 Å². The maximum absolute atomic E-state index is 11.8. The molecule has 0 aliphatic carbocycles. The van der Waals surface area contributed by atoms with Crippen molar-refractivity contribution in [1.29, 1.82) is 5.41 Å². The van der Waals surface area contributed by atoms with E-state index in [-0.39, 0.29) is 11.8 Å². The Balaban J connectivity index is 3.10. The fourth-order valence-corrected chi connectivity index (χ4v) is 1.70. The molecule has 2 N–H and O–H groups in total. The predicted molar refractivity (Wildman–Crippen MR) is 72.1 cm³/mol. The second-order valence-corrected chi connectivity index (χ2v) is 4.62. The van der Waals surface area contributed by atoms with Gasteiger partial charge in [-0.05, 0) is 25.5 Å². The summed E-state index contributed by atoms with van der Waals surface area (Å²) in [6.07, 6.45) is 0. The molecule has 0 spiro atoms. The fourth-order valence-electron chi connectivity index (χ4n) is 1.41. The molecule has 1 heterocycles. The van der Waals surface area contributed by atoms with Crippen LogP contribution in [0, 0.1) is 18.3 Å². The number of aromatic nitrogens is 1. The molecule has 0 unspecified atom stereocenters. The second kappa shape index (κ2) is 5.91. The number of halogens is 1. The first-order chi connectivity index (χ1) is 8.38. The zero-order valence-electron chi connectivity index (χ0n) is 11.0. The third kappa shape index (κ3) is 3.04. The van der Waals surface area contributed by atoms with Gasteiger partial charge in [0, 0.05) is 5.92 Å². The van der Waals surface area contributed by atoms with Crippen LogP contribution in [0.15, 0.2) is 6.07 Å². The van der Waals surface area contributed by atoms with E-state index in [0.29, 0.717) is 23.0 Å². The molecule has 1 aromatic heterocycles. The van der Waals surface area contributed by atoms with Crippen LogP contribution in [0.5, 0.6) is 0 Å². The van der Waals surface area contributed by atoms with Gasteiger partial charge in [-0.1, -0.05) is 25.4 Å². The van der Waals surface area contributed by atoms with Crippen molar-refractivity contribution in [2.24, 2.45) is 5.92 Å². The van der Waals surface area contributed by atoms with Crippen LogP contribution in [0.3, 0.4) is 0 Å². The van der Waals surface area contributed by atoms with Crippen molar-refractivity contribution in [2.45, 2.75) is 27.7 Å². The number of nitrogens with zero attached hydrogens (tertiary/aromatic N) is 1. The van der Waals surface area contributed by atoms with Gasteiger partial charge in [0.1, 0.15) is 11.0 Å². The minimum Gasteiger partial charge on any atom is -0.461 e. The zero-order chi connectivity index (χ0) is 13.9. The van der Waals surface area contributed by atoms with Gasteiger partial charge in [0.15, 0.2) is 5.69 Å². The molecule has 0 atom stereocenters. The average Bonchev–Trinajstić information content (AvgIpc) is 2.54. The van der Waals surface area contributed by atoms with Gasteiger partial charge in [-0.3, -0.25) is 10.8 Å². The van der Waals surface area contributed by atoms with E-state index >= 15 is 0 Å². The second-order valence-electron chi connectivity index (χ2n) is 4.23. The highest BCUT2D eigenvalue weighted by molar-refractivity contribution is 6.30. The predicted octanol–water partition coefficient (Wildman–Crippen LogP) is 2.80. The summed E-state index contributed by atoms with van der Waals surface area (Å²) < 4.78 is 6.36. The molecule has 5 nitrogen and oxygen atoms in total.